The average molecular weight is 354 g/mol. The van der Waals surface area contributed by atoms with E-state index in [-0.39, 0.29) is 6.04 Å². The van der Waals surface area contributed by atoms with E-state index in [9.17, 15) is 0 Å². The SMILES string of the molecule is CCCCCCCCOc1ccccc1C(C)NCc1cccc(C)c1. The Kier molecular flexibility index (Phi) is 9.27. The number of para-hydroxylation sites is 1. The van der Waals surface area contributed by atoms with Crippen LogP contribution in [0, 0.1) is 6.92 Å². The molecule has 0 fully saturated rings. The Morgan fingerprint density at radius 1 is 0.923 bits per heavy atom. The fourth-order valence-electron chi connectivity index (χ4n) is 3.24. The van der Waals surface area contributed by atoms with Gasteiger partial charge in [0.15, 0.2) is 0 Å². The van der Waals surface area contributed by atoms with E-state index in [1.54, 1.807) is 0 Å². The predicted molar refractivity (Wildman–Crippen MR) is 112 cm³/mol. The molecule has 2 aromatic rings. The van der Waals surface area contributed by atoms with Crippen LogP contribution >= 0.6 is 0 Å². The van der Waals surface area contributed by atoms with E-state index in [0.29, 0.717) is 0 Å². The third kappa shape index (κ3) is 7.21. The summed E-state index contributed by atoms with van der Waals surface area (Å²) >= 11 is 0. The first-order valence-corrected chi connectivity index (χ1v) is 10.2. The van der Waals surface area contributed by atoms with E-state index < -0.39 is 0 Å². The zero-order chi connectivity index (χ0) is 18.6. The number of hydrogen-bond acceptors (Lipinski definition) is 2. The molecule has 0 bridgehead atoms. The minimum atomic E-state index is 0.260. The highest BCUT2D eigenvalue weighted by Gasteiger charge is 2.11. The molecule has 0 aliphatic carbocycles. The lowest BCUT2D eigenvalue weighted by Gasteiger charge is -2.18. The van der Waals surface area contributed by atoms with Gasteiger partial charge in [-0.15, -0.1) is 0 Å². The van der Waals surface area contributed by atoms with E-state index in [0.717, 1.165) is 25.3 Å². The predicted octanol–water partition coefficient (Wildman–Crippen LogP) is 6.59. The average Bonchev–Trinajstić information content (AvgIpc) is 2.66. The first-order valence-electron chi connectivity index (χ1n) is 10.2. The third-order valence-corrected chi connectivity index (χ3v) is 4.84. The summed E-state index contributed by atoms with van der Waals surface area (Å²) < 4.78 is 6.10. The van der Waals surface area contributed by atoms with Gasteiger partial charge in [-0.2, -0.15) is 0 Å². The topological polar surface area (TPSA) is 21.3 Å². The van der Waals surface area contributed by atoms with E-state index >= 15 is 0 Å². The maximum atomic E-state index is 6.10. The molecule has 2 nitrogen and oxygen atoms in total. The second-order valence-electron chi connectivity index (χ2n) is 7.25. The molecule has 0 amide bonds. The van der Waals surface area contributed by atoms with Crippen molar-refractivity contribution in [3.05, 3.63) is 65.2 Å². The molecule has 0 saturated heterocycles. The minimum absolute atomic E-state index is 0.260. The van der Waals surface area contributed by atoms with Gasteiger partial charge in [0, 0.05) is 18.2 Å². The number of aryl methyl sites for hydroxylation is 1. The molecule has 0 aliphatic heterocycles. The maximum Gasteiger partial charge on any atom is 0.124 e. The van der Waals surface area contributed by atoms with Crippen LogP contribution < -0.4 is 10.1 Å². The summed E-state index contributed by atoms with van der Waals surface area (Å²) in [6.45, 7) is 8.29. The zero-order valence-electron chi connectivity index (χ0n) is 16.8. The van der Waals surface area contributed by atoms with Crippen LogP contribution in [0.1, 0.15) is 75.1 Å². The smallest absolute Gasteiger partial charge is 0.124 e. The summed E-state index contributed by atoms with van der Waals surface area (Å²) in [5, 5.41) is 3.63. The number of ether oxygens (including phenoxy) is 1. The van der Waals surface area contributed by atoms with E-state index in [2.05, 4.69) is 74.6 Å². The Labute approximate surface area is 160 Å². The summed E-state index contributed by atoms with van der Waals surface area (Å²) in [7, 11) is 0. The molecule has 0 spiro atoms. The molecule has 142 valence electrons. The quantitative estimate of drug-likeness (QED) is 0.435. The van der Waals surface area contributed by atoms with Gasteiger partial charge in [0.2, 0.25) is 0 Å². The molecule has 0 heterocycles. The van der Waals surface area contributed by atoms with Gasteiger partial charge in [-0.25, -0.2) is 0 Å². The molecular weight excluding hydrogens is 318 g/mol. The molecule has 26 heavy (non-hydrogen) atoms. The van der Waals surface area contributed by atoms with Crippen molar-refractivity contribution in [2.75, 3.05) is 6.61 Å². The van der Waals surface area contributed by atoms with E-state index in [1.807, 2.05) is 0 Å². The van der Waals surface area contributed by atoms with Gasteiger partial charge in [-0.3, -0.25) is 0 Å². The van der Waals surface area contributed by atoms with Crippen molar-refractivity contribution in [2.45, 2.75) is 71.9 Å². The monoisotopic (exact) mass is 353 g/mol. The second-order valence-corrected chi connectivity index (χ2v) is 7.25. The number of unbranched alkanes of at least 4 members (excludes halogenated alkanes) is 5. The van der Waals surface area contributed by atoms with Gasteiger partial charge < -0.3 is 10.1 Å². The van der Waals surface area contributed by atoms with E-state index in [1.165, 1.54) is 48.8 Å². The Morgan fingerprint density at radius 2 is 1.69 bits per heavy atom. The first-order chi connectivity index (χ1) is 12.7. The summed E-state index contributed by atoms with van der Waals surface area (Å²) in [6, 6.07) is 17.4. The molecule has 2 rings (SSSR count). The molecule has 0 saturated carbocycles. The van der Waals surface area contributed by atoms with Gasteiger partial charge >= 0.3 is 0 Å². The Balaban J connectivity index is 1.81. The standard InChI is InChI=1S/C24H35NO/c1-4-5-6-7-8-11-17-26-24-16-10-9-15-23(24)21(3)25-19-22-14-12-13-20(2)18-22/h9-10,12-16,18,21,25H,4-8,11,17,19H2,1-3H3. The van der Waals surface area contributed by atoms with E-state index in [4.69, 9.17) is 4.74 Å². The molecule has 1 unspecified atom stereocenters. The van der Waals surface area contributed by atoms with Gasteiger partial charge in [0.25, 0.3) is 0 Å². The zero-order valence-corrected chi connectivity index (χ0v) is 16.8. The van der Waals surface area contributed by atoms with Crippen molar-refractivity contribution in [3.8, 4) is 5.75 Å². The summed E-state index contributed by atoms with van der Waals surface area (Å²) in [6.07, 6.45) is 7.75. The van der Waals surface area contributed by atoms with Crippen molar-refractivity contribution < 1.29 is 4.74 Å². The first kappa shape index (κ1) is 20.5. The summed E-state index contributed by atoms with van der Waals surface area (Å²) in [5.74, 6) is 1.02. The highest BCUT2D eigenvalue weighted by Crippen LogP contribution is 2.25. The highest BCUT2D eigenvalue weighted by atomic mass is 16.5. The van der Waals surface area contributed by atoms with Crippen molar-refractivity contribution in [2.24, 2.45) is 0 Å². The molecule has 2 heteroatoms. The fraction of sp³-hybridized carbons (Fsp3) is 0.500. The summed E-state index contributed by atoms with van der Waals surface area (Å²) in [4.78, 5) is 0. The largest absolute Gasteiger partial charge is 0.493 e. The third-order valence-electron chi connectivity index (χ3n) is 4.84. The van der Waals surface area contributed by atoms with Crippen molar-refractivity contribution >= 4 is 0 Å². The van der Waals surface area contributed by atoms with Crippen LogP contribution in [-0.4, -0.2) is 6.61 Å². The molecular formula is C24H35NO. The van der Waals surface area contributed by atoms with Crippen LogP contribution in [0.2, 0.25) is 0 Å². The number of hydrogen-bond donors (Lipinski definition) is 1. The lowest BCUT2D eigenvalue weighted by molar-refractivity contribution is 0.298. The van der Waals surface area contributed by atoms with Crippen LogP contribution in [0.15, 0.2) is 48.5 Å². The molecule has 0 radical (unpaired) electrons. The Bertz CT molecular complexity index is 638. The second kappa shape index (κ2) is 11.7. The van der Waals surface area contributed by atoms with Gasteiger partial charge in [-0.1, -0.05) is 87.1 Å². The van der Waals surface area contributed by atoms with Gasteiger partial charge in [-0.05, 0) is 31.9 Å². The van der Waals surface area contributed by atoms with Crippen LogP contribution in [0.4, 0.5) is 0 Å². The Morgan fingerprint density at radius 3 is 2.50 bits per heavy atom. The molecule has 0 aliphatic rings. The normalized spacial score (nSPS) is 12.1. The highest BCUT2D eigenvalue weighted by molar-refractivity contribution is 5.35. The lowest BCUT2D eigenvalue weighted by Crippen LogP contribution is -2.19. The van der Waals surface area contributed by atoms with Crippen LogP contribution in [0.3, 0.4) is 0 Å². The number of nitrogens with one attached hydrogen (secondary N) is 1. The minimum Gasteiger partial charge on any atom is -0.493 e. The maximum absolute atomic E-state index is 6.10. The fourth-order valence-corrected chi connectivity index (χ4v) is 3.24. The van der Waals surface area contributed by atoms with Crippen LogP contribution in [-0.2, 0) is 6.54 Å². The molecule has 1 N–H and O–H groups in total. The van der Waals surface area contributed by atoms with Crippen molar-refractivity contribution in [1.82, 2.24) is 5.32 Å². The lowest BCUT2D eigenvalue weighted by atomic mass is 10.1. The molecule has 0 aromatic heterocycles. The van der Waals surface area contributed by atoms with Gasteiger partial charge in [0.05, 0.1) is 6.61 Å². The number of rotatable bonds is 12. The number of benzene rings is 2. The van der Waals surface area contributed by atoms with Crippen molar-refractivity contribution in [3.63, 3.8) is 0 Å². The van der Waals surface area contributed by atoms with Crippen molar-refractivity contribution in [1.29, 1.82) is 0 Å². The molecule has 1 atom stereocenters. The summed E-state index contributed by atoms with van der Waals surface area (Å²) in [5.41, 5.74) is 3.87. The molecule has 2 aromatic carbocycles. The van der Waals surface area contributed by atoms with Crippen LogP contribution in [0.25, 0.3) is 0 Å². The van der Waals surface area contributed by atoms with Gasteiger partial charge in [0.1, 0.15) is 5.75 Å². The Hall–Kier alpha value is -1.80. The van der Waals surface area contributed by atoms with Crippen LogP contribution in [0.5, 0.6) is 5.75 Å².